The van der Waals surface area contributed by atoms with Crippen LogP contribution in [0.5, 0.6) is 5.75 Å². The number of nitrogen functional groups attached to an aromatic ring is 1. The molecule has 2 aromatic rings. The summed E-state index contributed by atoms with van der Waals surface area (Å²) < 4.78 is 18.2. The molecule has 0 unspecified atom stereocenters. The zero-order chi connectivity index (χ0) is 12.7. The lowest BCUT2D eigenvalue weighted by atomic mass is 10.2. The first-order chi connectivity index (χ1) is 8.69. The van der Waals surface area contributed by atoms with Crippen molar-refractivity contribution in [1.82, 2.24) is 9.78 Å². The largest absolute Gasteiger partial charge is 0.497 e. The second-order valence-electron chi connectivity index (χ2n) is 4.15. The van der Waals surface area contributed by atoms with E-state index in [0.717, 1.165) is 22.7 Å². The van der Waals surface area contributed by atoms with E-state index in [4.69, 9.17) is 10.5 Å². The number of hydrogen-bond donors (Lipinski definition) is 1. The highest BCUT2D eigenvalue weighted by Crippen LogP contribution is 2.29. The maximum atomic E-state index is 11.4. The Balaban J connectivity index is 2.02. The summed E-state index contributed by atoms with van der Waals surface area (Å²) in [7, 11) is 0.782. The number of ether oxygens (including phenoxy) is 1. The van der Waals surface area contributed by atoms with Crippen molar-refractivity contribution < 1.29 is 8.95 Å². The first-order valence-electron chi connectivity index (χ1n) is 5.54. The number of anilines is 1. The molecule has 2 N–H and O–H groups in total. The van der Waals surface area contributed by atoms with Gasteiger partial charge in [0.15, 0.2) is 0 Å². The molecule has 0 spiro atoms. The van der Waals surface area contributed by atoms with Gasteiger partial charge in [-0.05, 0) is 24.3 Å². The number of hydrogen-bond acceptors (Lipinski definition) is 4. The second kappa shape index (κ2) is 4.13. The zero-order valence-electron chi connectivity index (χ0n) is 9.92. The molecule has 3 rings (SSSR count). The summed E-state index contributed by atoms with van der Waals surface area (Å²) in [4.78, 5) is 0. The third-order valence-corrected chi connectivity index (χ3v) is 4.23. The van der Waals surface area contributed by atoms with Crippen molar-refractivity contribution in [2.24, 2.45) is 0 Å². The van der Waals surface area contributed by atoms with Gasteiger partial charge >= 0.3 is 0 Å². The Labute approximate surface area is 107 Å². The molecule has 1 atom stereocenters. The molecule has 6 heteroatoms. The van der Waals surface area contributed by atoms with Crippen molar-refractivity contribution >= 4 is 16.6 Å². The van der Waals surface area contributed by atoms with Gasteiger partial charge in [-0.25, -0.2) is 4.68 Å². The zero-order valence-corrected chi connectivity index (χ0v) is 10.7. The fraction of sp³-hybridized carbons (Fsp3) is 0.250. The van der Waals surface area contributed by atoms with Gasteiger partial charge < -0.3 is 10.5 Å². The van der Waals surface area contributed by atoms with E-state index in [-0.39, 0.29) is 0 Å². The molecule has 1 aromatic heterocycles. The van der Waals surface area contributed by atoms with E-state index in [1.54, 1.807) is 11.8 Å². The fourth-order valence-corrected chi connectivity index (χ4v) is 3.34. The average molecular weight is 263 g/mol. The maximum absolute atomic E-state index is 11.4. The third kappa shape index (κ3) is 1.69. The number of fused-ring (bicyclic) bond motifs is 1. The third-order valence-electron chi connectivity index (χ3n) is 3.03. The van der Waals surface area contributed by atoms with E-state index in [1.165, 1.54) is 0 Å². The SMILES string of the molecule is COc1ccc(-n2nc3c(c2N)C[S@@](=O)C3)cc1. The van der Waals surface area contributed by atoms with Crippen molar-refractivity contribution in [3.05, 3.63) is 35.5 Å². The molecule has 0 aliphatic carbocycles. The summed E-state index contributed by atoms with van der Waals surface area (Å²) in [5, 5.41) is 4.42. The molecule has 18 heavy (non-hydrogen) atoms. The molecule has 0 amide bonds. The number of benzene rings is 1. The van der Waals surface area contributed by atoms with Crippen molar-refractivity contribution in [1.29, 1.82) is 0 Å². The van der Waals surface area contributed by atoms with Crippen molar-refractivity contribution in [2.45, 2.75) is 11.5 Å². The fourth-order valence-electron chi connectivity index (χ4n) is 2.07. The molecule has 1 aromatic carbocycles. The van der Waals surface area contributed by atoms with Gasteiger partial charge in [-0.15, -0.1) is 0 Å². The lowest BCUT2D eigenvalue weighted by molar-refractivity contribution is 0.414. The number of rotatable bonds is 2. The minimum Gasteiger partial charge on any atom is -0.497 e. The minimum atomic E-state index is -0.844. The van der Waals surface area contributed by atoms with Gasteiger partial charge in [-0.2, -0.15) is 5.10 Å². The molecule has 2 heterocycles. The van der Waals surface area contributed by atoms with Crippen LogP contribution in [0.3, 0.4) is 0 Å². The quantitative estimate of drug-likeness (QED) is 0.884. The van der Waals surface area contributed by atoms with Gasteiger partial charge in [0, 0.05) is 16.4 Å². The molecule has 94 valence electrons. The predicted octanol–water partition coefficient (Wildman–Crippen LogP) is 1.23. The van der Waals surface area contributed by atoms with Crippen LogP contribution in [-0.2, 0) is 22.3 Å². The Morgan fingerprint density at radius 1 is 1.33 bits per heavy atom. The number of aromatic nitrogens is 2. The van der Waals surface area contributed by atoms with E-state index >= 15 is 0 Å². The first-order valence-corrected chi connectivity index (χ1v) is 7.03. The van der Waals surface area contributed by atoms with E-state index in [9.17, 15) is 4.21 Å². The Bertz CT molecular complexity index is 619. The van der Waals surface area contributed by atoms with Gasteiger partial charge in [0.2, 0.25) is 0 Å². The van der Waals surface area contributed by atoms with Gasteiger partial charge in [0.1, 0.15) is 11.6 Å². The normalized spacial score (nSPS) is 17.7. The monoisotopic (exact) mass is 263 g/mol. The molecule has 0 bridgehead atoms. The van der Waals surface area contributed by atoms with Crippen molar-refractivity contribution in [2.75, 3.05) is 12.8 Å². The molecule has 0 radical (unpaired) electrons. The lowest BCUT2D eigenvalue weighted by Crippen LogP contribution is -2.04. The van der Waals surface area contributed by atoms with E-state index in [1.807, 2.05) is 24.3 Å². The highest BCUT2D eigenvalue weighted by Gasteiger charge is 2.25. The van der Waals surface area contributed by atoms with E-state index < -0.39 is 10.8 Å². The Morgan fingerprint density at radius 3 is 2.67 bits per heavy atom. The van der Waals surface area contributed by atoms with Crippen LogP contribution in [0.2, 0.25) is 0 Å². The smallest absolute Gasteiger partial charge is 0.131 e. The summed E-state index contributed by atoms with van der Waals surface area (Å²) in [5.74, 6) is 2.39. The van der Waals surface area contributed by atoms with Gasteiger partial charge in [-0.1, -0.05) is 0 Å². The summed E-state index contributed by atoms with van der Waals surface area (Å²) in [6, 6.07) is 7.52. The second-order valence-corrected chi connectivity index (χ2v) is 5.61. The van der Waals surface area contributed by atoms with E-state index in [2.05, 4.69) is 5.10 Å². The van der Waals surface area contributed by atoms with Crippen LogP contribution in [0, 0.1) is 0 Å². The molecule has 1 aliphatic heterocycles. The van der Waals surface area contributed by atoms with Crippen LogP contribution in [0.25, 0.3) is 5.69 Å². The highest BCUT2D eigenvalue weighted by atomic mass is 32.2. The first kappa shape index (κ1) is 11.3. The summed E-state index contributed by atoms with van der Waals surface area (Å²) in [5.41, 5.74) is 8.71. The summed E-state index contributed by atoms with van der Waals surface area (Å²) >= 11 is 0. The average Bonchev–Trinajstić information content (AvgIpc) is 2.88. The molecule has 0 saturated carbocycles. The van der Waals surface area contributed by atoms with Gasteiger partial charge in [0.25, 0.3) is 0 Å². The van der Waals surface area contributed by atoms with E-state index in [0.29, 0.717) is 17.3 Å². The molecule has 5 nitrogen and oxygen atoms in total. The van der Waals surface area contributed by atoms with Crippen molar-refractivity contribution in [3.63, 3.8) is 0 Å². The highest BCUT2D eigenvalue weighted by molar-refractivity contribution is 7.83. The lowest BCUT2D eigenvalue weighted by Gasteiger charge is -2.06. The number of nitrogens with two attached hydrogens (primary N) is 1. The molecular formula is C12H13N3O2S. The minimum absolute atomic E-state index is 0.503. The molecule has 0 fully saturated rings. The molecule has 0 saturated heterocycles. The topological polar surface area (TPSA) is 70.1 Å². The van der Waals surface area contributed by atoms with Crippen LogP contribution in [0.15, 0.2) is 24.3 Å². The maximum Gasteiger partial charge on any atom is 0.131 e. The Morgan fingerprint density at radius 2 is 2.06 bits per heavy atom. The van der Waals surface area contributed by atoms with Crippen LogP contribution in [0.1, 0.15) is 11.3 Å². The van der Waals surface area contributed by atoms with Crippen LogP contribution < -0.4 is 10.5 Å². The standard InChI is InChI=1S/C12H13N3O2S/c1-17-9-4-2-8(3-5-9)15-12(13)10-6-18(16)7-11(10)14-15/h2-5H,6-7,13H2,1H3/t18-/m1/s1. The molecular weight excluding hydrogens is 250 g/mol. The van der Waals surface area contributed by atoms with Crippen LogP contribution in [0.4, 0.5) is 5.82 Å². The van der Waals surface area contributed by atoms with Crippen LogP contribution in [-0.4, -0.2) is 21.1 Å². The Hall–Kier alpha value is -1.82. The van der Waals surface area contributed by atoms with Crippen molar-refractivity contribution in [3.8, 4) is 11.4 Å². The summed E-state index contributed by atoms with van der Waals surface area (Å²) in [6.45, 7) is 0. The summed E-state index contributed by atoms with van der Waals surface area (Å²) in [6.07, 6.45) is 0. The number of nitrogens with zero attached hydrogens (tertiary/aromatic N) is 2. The van der Waals surface area contributed by atoms with Gasteiger partial charge in [0.05, 0.1) is 30.0 Å². The van der Waals surface area contributed by atoms with Gasteiger partial charge in [-0.3, -0.25) is 4.21 Å². The van der Waals surface area contributed by atoms with Crippen LogP contribution >= 0.6 is 0 Å². The Kier molecular flexibility index (Phi) is 2.59. The predicted molar refractivity (Wildman–Crippen MR) is 70.1 cm³/mol. The molecule has 1 aliphatic rings. The number of methoxy groups -OCH3 is 1.